The molecule has 2 rings (SSSR count). The van der Waals surface area contributed by atoms with Crippen molar-refractivity contribution in [2.24, 2.45) is 5.92 Å². The molecule has 0 saturated carbocycles. The molecular formula is C17H27N. The van der Waals surface area contributed by atoms with Crippen LogP contribution < -0.4 is 5.32 Å². The van der Waals surface area contributed by atoms with Gasteiger partial charge in [0.15, 0.2) is 0 Å². The summed E-state index contributed by atoms with van der Waals surface area (Å²) >= 11 is 0. The van der Waals surface area contributed by atoms with E-state index < -0.39 is 0 Å². The van der Waals surface area contributed by atoms with Gasteiger partial charge in [-0.1, -0.05) is 44.9 Å². The van der Waals surface area contributed by atoms with Crippen molar-refractivity contribution in [3.63, 3.8) is 0 Å². The van der Waals surface area contributed by atoms with Gasteiger partial charge in [0, 0.05) is 6.04 Å². The van der Waals surface area contributed by atoms with Crippen LogP contribution in [0.15, 0.2) is 18.2 Å². The minimum Gasteiger partial charge on any atom is -0.310 e. The van der Waals surface area contributed by atoms with Gasteiger partial charge in [0.05, 0.1) is 0 Å². The van der Waals surface area contributed by atoms with Gasteiger partial charge in [-0.3, -0.25) is 0 Å². The van der Waals surface area contributed by atoms with Crippen molar-refractivity contribution in [1.29, 1.82) is 0 Å². The number of fused-ring (bicyclic) bond motifs is 1. The summed E-state index contributed by atoms with van der Waals surface area (Å²) in [7, 11) is 0. The zero-order valence-corrected chi connectivity index (χ0v) is 12.1. The van der Waals surface area contributed by atoms with Gasteiger partial charge in [0.25, 0.3) is 0 Å². The number of hydrogen-bond donors (Lipinski definition) is 1. The summed E-state index contributed by atoms with van der Waals surface area (Å²) in [4.78, 5) is 0. The normalized spacial score (nSPS) is 16.0. The highest BCUT2D eigenvalue weighted by Crippen LogP contribution is 2.25. The predicted molar refractivity (Wildman–Crippen MR) is 79.0 cm³/mol. The quantitative estimate of drug-likeness (QED) is 0.789. The van der Waals surface area contributed by atoms with Crippen molar-refractivity contribution in [3.05, 3.63) is 34.9 Å². The molecule has 0 amide bonds. The zero-order valence-electron chi connectivity index (χ0n) is 12.1. The lowest BCUT2D eigenvalue weighted by atomic mass is 10.00. The van der Waals surface area contributed by atoms with Crippen LogP contribution in [-0.4, -0.2) is 6.54 Å². The first-order valence-electron chi connectivity index (χ1n) is 7.59. The lowest BCUT2D eigenvalue weighted by Gasteiger charge is -2.19. The molecule has 1 unspecified atom stereocenters. The molecule has 1 aliphatic carbocycles. The average molecular weight is 245 g/mol. The first-order valence-corrected chi connectivity index (χ1v) is 7.59. The number of rotatable bonds is 6. The standard InChI is InChI=1S/C17H27N/c1-4-14(5-2)12-18-13(3)16-10-9-15-7-6-8-17(15)11-16/h9-11,13-14,18H,4-8,12H2,1-3H3. The molecule has 0 heterocycles. The molecule has 0 saturated heterocycles. The lowest BCUT2D eigenvalue weighted by Crippen LogP contribution is -2.25. The van der Waals surface area contributed by atoms with E-state index in [0.29, 0.717) is 6.04 Å². The molecule has 1 aromatic carbocycles. The monoisotopic (exact) mass is 245 g/mol. The highest BCUT2D eigenvalue weighted by atomic mass is 14.9. The molecule has 1 aliphatic rings. The van der Waals surface area contributed by atoms with Gasteiger partial charge in [-0.25, -0.2) is 0 Å². The van der Waals surface area contributed by atoms with E-state index in [2.05, 4.69) is 44.3 Å². The van der Waals surface area contributed by atoms with Gasteiger partial charge < -0.3 is 5.32 Å². The van der Waals surface area contributed by atoms with Crippen LogP contribution in [0.1, 0.15) is 62.8 Å². The van der Waals surface area contributed by atoms with Crippen molar-refractivity contribution in [2.45, 2.75) is 58.9 Å². The summed E-state index contributed by atoms with van der Waals surface area (Å²) in [6.45, 7) is 8.01. The number of hydrogen-bond acceptors (Lipinski definition) is 1. The van der Waals surface area contributed by atoms with Crippen LogP contribution in [-0.2, 0) is 12.8 Å². The van der Waals surface area contributed by atoms with E-state index >= 15 is 0 Å². The maximum Gasteiger partial charge on any atom is 0.0292 e. The van der Waals surface area contributed by atoms with E-state index in [4.69, 9.17) is 0 Å². The van der Waals surface area contributed by atoms with Crippen molar-refractivity contribution in [1.82, 2.24) is 5.32 Å². The van der Waals surface area contributed by atoms with Crippen LogP contribution in [0.2, 0.25) is 0 Å². The minimum atomic E-state index is 0.483. The average Bonchev–Trinajstić information content (AvgIpc) is 2.86. The molecule has 0 aliphatic heterocycles. The Hall–Kier alpha value is -0.820. The van der Waals surface area contributed by atoms with E-state index in [9.17, 15) is 0 Å². The summed E-state index contributed by atoms with van der Waals surface area (Å²) in [5.41, 5.74) is 4.62. The number of benzene rings is 1. The fraction of sp³-hybridized carbons (Fsp3) is 0.647. The Morgan fingerprint density at radius 1 is 1.11 bits per heavy atom. The predicted octanol–water partition coefficient (Wildman–Crippen LogP) is 4.26. The molecule has 1 aromatic rings. The van der Waals surface area contributed by atoms with Crippen molar-refractivity contribution < 1.29 is 0 Å². The van der Waals surface area contributed by atoms with Gasteiger partial charge in [-0.2, -0.15) is 0 Å². The maximum absolute atomic E-state index is 3.69. The smallest absolute Gasteiger partial charge is 0.0292 e. The van der Waals surface area contributed by atoms with Crippen LogP contribution in [0.4, 0.5) is 0 Å². The van der Waals surface area contributed by atoms with Crippen LogP contribution in [0.3, 0.4) is 0 Å². The second kappa shape index (κ2) is 6.38. The van der Waals surface area contributed by atoms with Gasteiger partial charge in [0.1, 0.15) is 0 Å². The Morgan fingerprint density at radius 3 is 2.56 bits per heavy atom. The molecule has 1 atom stereocenters. The summed E-state index contributed by atoms with van der Waals surface area (Å²) in [5.74, 6) is 0.821. The number of nitrogens with one attached hydrogen (secondary N) is 1. The first-order chi connectivity index (χ1) is 8.74. The van der Waals surface area contributed by atoms with Gasteiger partial charge in [-0.15, -0.1) is 0 Å². The second-order valence-corrected chi connectivity index (χ2v) is 5.69. The Morgan fingerprint density at radius 2 is 1.83 bits per heavy atom. The Labute approximate surface area is 112 Å². The minimum absolute atomic E-state index is 0.483. The Bertz CT molecular complexity index is 379. The van der Waals surface area contributed by atoms with Crippen molar-refractivity contribution >= 4 is 0 Å². The zero-order chi connectivity index (χ0) is 13.0. The molecule has 0 spiro atoms. The fourth-order valence-electron chi connectivity index (χ4n) is 2.90. The summed E-state index contributed by atoms with van der Waals surface area (Å²) in [5, 5.41) is 3.69. The molecule has 0 aromatic heterocycles. The molecule has 18 heavy (non-hydrogen) atoms. The summed E-state index contributed by atoms with van der Waals surface area (Å²) in [6.07, 6.45) is 6.46. The highest BCUT2D eigenvalue weighted by molar-refractivity contribution is 5.36. The van der Waals surface area contributed by atoms with Gasteiger partial charge >= 0.3 is 0 Å². The topological polar surface area (TPSA) is 12.0 Å². The Kier molecular flexibility index (Phi) is 4.82. The lowest BCUT2D eigenvalue weighted by molar-refractivity contribution is 0.422. The van der Waals surface area contributed by atoms with E-state index in [-0.39, 0.29) is 0 Å². The van der Waals surface area contributed by atoms with E-state index in [1.807, 2.05) is 0 Å². The van der Waals surface area contributed by atoms with Crippen LogP contribution in [0.5, 0.6) is 0 Å². The van der Waals surface area contributed by atoms with Crippen LogP contribution >= 0.6 is 0 Å². The largest absolute Gasteiger partial charge is 0.310 e. The van der Waals surface area contributed by atoms with Crippen molar-refractivity contribution in [2.75, 3.05) is 6.54 Å². The maximum atomic E-state index is 3.69. The molecule has 100 valence electrons. The fourth-order valence-corrected chi connectivity index (χ4v) is 2.90. The second-order valence-electron chi connectivity index (χ2n) is 5.69. The summed E-state index contributed by atoms with van der Waals surface area (Å²) in [6, 6.07) is 7.56. The molecular weight excluding hydrogens is 218 g/mol. The molecule has 0 bridgehead atoms. The van der Waals surface area contributed by atoms with Gasteiger partial charge in [0.2, 0.25) is 0 Å². The van der Waals surface area contributed by atoms with E-state index in [1.54, 1.807) is 11.1 Å². The Balaban J connectivity index is 1.94. The van der Waals surface area contributed by atoms with Gasteiger partial charge in [-0.05, 0) is 55.3 Å². The van der Waals surface area contributed by atoms with E-state index in [1.165, 1.54) is 37.7 Å². The SMILES string of the molecule is CCC(CC)CNC(C)c1ccc2c(c1)CCC2. The van der Waals surface area contributed by atoms with E-state index in [0.717, 1.165) is 12.5 Å². The molecule has 1 heteroatoms. The molecule has 1 nitrogen and oxygen atoms in total. The molecule has 0 radical (unpaired) electrons. The third kappa shape index (κ3) is 3.14. The summed E-state index contributed by atoms with van der Waals surface area (Å²) < 4.78 is 0. The van der Waals surface area contributed by atoms with Crippen LogP contribution in [0, 0.1) is 5.92 Å². The highest BCUT2D eigenvalue weighted by Gasteiger charge is 2.14. The third-order valence-electron chi connectivity index (χ3n) is 4.49. The third-order valence-corrected chi connectivity index (χ3v) is 4.49. The van der Waals surface area contributed by atoms with Crippen molar-refractivity contribution in [3.8, 4) is 0 Å². The van der Waals surface area contributed by atoms with Crippen LogP contribution in [0.25, 0.3) is 0 Å². The molecule has 1 N–H and O–H groups in total. The first kappa shape index (κ1) is 13.6. The number of aryl methyl sites for hydroxylation is 2. The molecule has 0 fully saturated rings.